The number of unbranched alkanes of at least 4 members (excludes halogenated alkanes) is 1. The van der Waals surface area contributed by atoms with Crippen molar-refractivity contribution in [2.75, 3.05) is 10.2 Å². The summed E-state index contributed by atoms with van der Waals surface area (Å²) in [5.74, 6) is -0.472. The van der Waals surface area contributed by atoms with Gasteiger partial charge in [-0.05, 0) is 48.7 Å². The van der Waals surface area contributed by atoms with Gasteiger partial charge in [-0.1, -0.05) is 55.8 Å². The highest BCUT2D eigenvalue weighted by molar-refractivity contribution is 6.12. The van der Waals surface area contributed by atoms with E-state index in [9.17, 15) is 9.18 Å². The Morgan fingerprint density at radius 2 is 1.68 bits per heavy atom. The summed E-state index contributed by atoms with van der Waals surface area (Å²) >= 11 is 0. The molecule has 0 aromatic heterocycles. The van der Waals surface area contributed by atoms with Crippen LogP contribution >= 0.6 is 0 Å². The summed E-state index contributed by atoms with van der Waals surface area (Å²) in [7, 11) is 0. The second-order valence-corrected chi connectivity index (χ2v) is 7.06. The van der Waals surface area contributed by atoms with Gasteiger partial charge in [0.15, 0.2) is 0 Å². The number of rotatable bonds is 5. The van der Waals surface area contributed by atoms with Crippen molar-refractivity contribution in [1.29, 1.82) is 0 Å². The molecule has 3 aromatic carbocycles. The molecule has 142 valence electrons. The Hall–Kier alpha value is -3.14. The van der Waals surface area contributed by atoms with Gasteiger partial charge in [0.2, 0.25) is 0 Å². The first kappa shape index (κ1) is 18.2. The molecule has 0 aliphatic carbocycles. The standard InChI is InChI=1S/C24H23FN2O/c1-2-3-8-17-13-15-18(16-14-17)27-23(19-9-4-6-11-21(19)25)26-22-12-7-5-10-20(22)24(27)28/h4-7,9-16,23,26H,2-3,8H2,1H3. The molecule has 4 heteroatoms. The summed E-state index contributed by atoms with van der Waals surface area (Å²) in [6.45, 7) is 2.17. The molecule has 1 atom stereocenters. The van der Waals surface area contributed by atoms with E-state index in [0.29, 0.717) is 11.1 Å². The minimum Gasteiger partial charge on any atom is -0.360 e. The molecule has 1 N–H and O–H groups in total. The number of nitrogens with zero attached hydrogens (tertiary/aromatic N) is 1. The highest BCUT2D eigenvalue weighted by atomic mass is 19.1. The highest BCUT2D eigenvalue weighted by Gasteiger charge is 2.35. The zero-order valence-corrected chi connectivity index (χ0v) is 15.9. The summed E-state index contributed by atoms with van der Waals surface area (Å²) in [4.78, 5) is 15.0. The monoisotopic (exact) mass is 374 g/mol. The first-order chi connectivity index (χ1) is 13.7. The Bertz CT molecular complexity index is 984. The number of fused-ring (bicyclic) bond motifs is 1. The molecule has 4 rings (SSSR count). The molecule has 0 bridgehead atoms. The van der Waals surface area contributed by atoms with Crippen LogP contribution in [0.5, 0.6) is 0 Å². The van der Waals surface area contributed by atoms with E-state index in [2.05, 4.69) is 24.4 Å². The molecule has 28 heavy (non-hydrogen) atoms. The van der Waals surface area contributed by atoms with Gasteiger partial charge in [-0.3, -0.25) is 9.69 Å². The molecule has 0 spiro atoms. The van der Waals surface area contributed by atoms with Crippen LogP contribution in [-0.2, 0) is 6.42 Å². The predicted octanol–water partition coefficient (Wildman–Crippen LogP) is 5.94. The Balaban J connectivity index is 1.77. The van der Waals surface area contributed by atoms with E-state index in [1.165, 1.54) is 11.6 Å². The number of amides is 1. The highest BCUT2D eigenvalue weighted by Crippen LogP contribution is 2.37. The minimum absolute atomic E-state index is 0.135. The van der Waals surface area contributed by atoms with Crippen LogP contribution in [0.3, 0.4) is 0 Å². The topological polar surface area (TPSA) is 32.3 Å². The lowest BCUT2D eigenvalue weighted by atomic mass is 10.0. The van der Waals surface area contributed by atoms with Gasteiger partial charge in [0.1, 0.15) is 12.0 Å². The maximum Gasteiger partial charge on any atom is 0.262 e. The third kappa shape index (κ3) is 3.38. The Morgan fingerprint density at radius 3 is 2.43 bits per heavy atom. The van der Waals surface area contributed by atoms with E-state index in [1.807, 2.05) is 30.3 Å². The maximum absolute atomic E-state index is 14.6. The zero-order valence-electron chi connectivity index (χ0n) is 15.9. The molecule has 3 nitrogen and oxygen atoms in total. The van der Waals surface area contributed by atoms with Gasteiger partial charge in [0, 0.05) is 16.9 Å². The lowest BCUT2D eigenvalue weighted by molar-refractivity contribution is 0.0974. The average Bonchev–Trinajstić information content (AvgIpc) is 2.73. The minimum atomic E-state index is -0.606. The number of hydrogen-bond acceptors (Lipinski definition) is 2. The van der Waals surface area contributed by atoms with Crippen molar-refractivity contribution in [2.24, 2.45) is 0 Å². The fraction of sp³-hybridized carbons (Fsp3) is 0.208. The summed E-state index contributed by atoms with van der Waals surface area (Å²) in [5.41, 5.74) is 3.74. The van der Waals surface area contributed by atoms with Crippen LogP contribution in [-0.4, -0.2) is 5.91 Å². The molecule has 1 aliphatic heterocycles. The first-order valence-corrected chi connectivity index (χ1v) is 9.71. The maximum atomic E-state index is 14.6. The molecule has 1 unspecified atom stereocenters. The molecule has 0 fully saturated rings. The van der Waals surface area contributed by atoms with Gasteiger partial charge in [-0.15, -0.1) is 0 Å². The number of carbonyl (C=O) groups excluding carboxylic acids is 1. The van der Waals surface area contributed by atoms with E-state index in [-0.39, 0.29) is 11.7 Å². The second kappa shape index (κ2) is 7.85. The summed E-state index contributed by atoms with van der Waals surface area (Å²) in [5, 5.41) is 3.35. The zero-order chi connectivity index (χ0) is 19.5. The third-order valence-corrected chi connectivity index (χ3v) is 5.16. The largest absolute Gasteiger partial charge is 0.360 e. The lowest BCUT2D eigenvalue weighted by Gasteiger charge is -2.38. The molecule has 3 aromatic rings. The molecule has 0 saturated carbocycles. The summed E-state index contributed by atoms with van der Waals surface area (Å²) in [6.07, 6.45) is 2.69. The van der Waals surface area contributed by atoms with Crippen molar-refractivity contribution in [1.82, 2.24) is 0 Å². The number of halogens is 1. The lowest BCUT2D eigenvalue weighted by Crippen LogP contribution is -2.43. The van der Waals surface area contributed by atoms with Crippen LogP contribution in [0.4, 0.5) is 15.8 Å². The van der Waals surface area contributed by atoms with Crippen molar-refractivity contribution < 1.29 is 9.18 Å². The van der Waals surface area contributed by atoms with Gasteiger partial charge >= 0.3 is 0 Å². The van der Waals surface area contributed by atoms with Gasteiger partial charge in [0.25, 0.3) is 5.91 Å². The Labute approximate surface area is 164 Å². The average molecular weight is 374 g/mol. The summed E-state index contributed by atoms with van der Waals surface area (Å²) in [6, 6.07) is 22.0. The molecule has 1 aliphatic rings. The van der Waals surface area contributed by atoms with Gasteiger partial charge in [-0.2, -0.15) is 0 Å². The number of benzene rings is 3. The van der Waals surface area contributed by atoms with E-state index in [4.69, 9.17) is 0 Å². The second-order valence-electron chi connectivity index (χ2n) is 7.06. The van der Waals surface area contributed by atoms with Gasteiger partial charge < -0.3 is 5.32 Å². The van der Waals surface area contributed by atoms with E-state index in [1.54, 1.807) is 29.2 Å². The van der Waals surface area contributed by atoms with Crippen molar-refractivity contribution in [2.45, 2.75) is 32.4 Å². The van der Waals surface area contributed by atoms with E-state index < -0.39 is 6.17 Å². The van der Waals surface area contributed by atoms with Gasteiger partial charge in [-0.25, -0.2) is 4.39 Å². The smallest absolute Gasteiger partial charge is 0.262 e. The van der Waals surface area contributed by atoms with Crippen LogP contribution < -0.4 is 10.2 Å². The Morgan fingerprint density at radius 1 is 0.964 bits per heavy atom. The van der Waals surface area contributed by atoms with Crippen molar-refractivity contribution in [3.63, 3.8) is 0 Å². The molecular weight excluding hydrogens is 351 g/mol. The number of anilines is 2. The predicted molar refractivity (Wildman–Crippen MR) is 111 cm³/mol. The van der Waals surface area contributed by atoms with E-state index >= 15 is 0 Å². The molecule has 0 radical (unpaired) electrons. The normalized spacial score (nSPS) is 15.9. The van der Waals surface area contributed by atoms with Crippen LogP contribution in [0.1, 0.15) is 47.4 Å². The third-order valence-electron chi connectivity index (χ3n) is 5.16. The number of nitrogens with one attached hydrogen (secondary N) is 1. The molecule has 0 saturated heterocycles. The molecule has 1 heterocycles. The van der Waals surface area contributed by atoms with Crippen molar-refractivity contribution in [3.8, 4) is 0 Å². The Kier molecular flexibility index (Phi) is 5.11. The van der Waals surface area contributed by atoms with E-state index in [0.717, 1.165) is 30.6 Å². The fourth-order valence-corrected chi connectivity index (χ4v) is 3.64. The van der Waals surface area contributed by atoms with Crippen molar-refractivity contribution in [3.05, 3.63) is 95.3 Å². The van der Waals surface area contributed by atoms with Crippen LogP contribution in [0.25, 0.3) is 0 Å². The molecular formula is C24H23FN2O. The summed E-state index contributed by atoms with van der Waals surface area (Å²) < 4.78 is 14.6. The number of para-hydroxylation sites is 1. The quantitative estimate of drug-likeness (QED) is 0.599. The number of hydrogen-bond donors (Lipinski definition) is 1. The molecule has 1 amide bonds. The van der Waals surface area contributed by atoms with Crippen LogP contribution in [0, 0.1) is 5.82 Å². The van der Waals surface area contributed by atoms with Crippen LogP contribution in [0.15, 0.2) is 72.8 Å². The van der Waals surface area contributed by atoms with Crippen LogP contribution in [0.2, 0.25) is 0 Å². The number of aryl methyl sites for hydroxylation is 1. The van der Waals surface area contributed by atoms with Gasteiger partial charge in [0.05, 0.1) is 5.56 Å². The van der Waals surface area contributed by atoms with Crippen molar-refractivity contribution >= 4 is 17.3 Å². The SMILES string of the molecule is CCCCc1ccc(N2C(=O)c3ccccc3NC2c2ccccc2F)cc1. The first-order valence-electron chi connectivity index (χ1n) is 9.71. The fourth-order valence-electron chi connectivity index (χ4n) is 3.64. The number of carbonyl (C=O) groups is 1.